The second-order valence-electron chi connectivity index (χ2n) is 3.15. The Balaban J connectivity index is 3.25. The summed E-state index contributed by atoms with van der Waals surface area (Å²) in [6.07, 6.45) is -0.693. The maximum Gasteiger partial charge on any atom is 0.198 e. The Morgan fingerprint density at radius 3 is 2.12 bits per heavy atom. The van der Waals surface area contributed by atoms with Crippen LogP contribution in [0.2, 0.25) is 0 Å². The number of hydrogen-bond donors (Lipinski definition) is 0. The molecule has 1 rings (SSSR count). The van der Waals surface area contributed by atoms with E-state index in [0.29, 0.717) is 0 Å². The van der Waals surface area contributed by atoms with Gasteiger partial charge in [0, 0.05) is 0 Å². The first-order valence-corrected chi connectivity index (χ1v) is 4.20. The molecule has 6 heteroatoms. The van der Waals surface area contributed by atoms with Crippen molar-refractivity contribution in [2.24, 2.45) is 0 Å². The van der Waals surface area contributed by atoms with E-state index in [1.807, 2.05) is 0 Å². The van der Waals surface area contributed by atoms with Crippen molar-refractivity contribution in [3.63, 3.8) is 0 Å². The highest BCUT2D eigenvalue weighted by atomic mass is 19.2. The highest BCUT2D eigenvalue weighted by molar-refractivity contribution is 6.07. The minimum absolute atomic E-state index is 0.235. The summed E-state index contributed by atoms with van der Waals surface area (Å²) < 4.78 is 51.0. The van der Waals surface area contributed by atoms with Gasteiger partial charge in [0.15, 0.2) is 29.1 Å². The molecule has 0 aliphatic heterocycles. The maximum atomic E-state index is 13.0. The van der Waals surface area contributed by atoms with E-state index in [2.05, 4.69) is 0 Å². The van der Waals surface area contributed by atoms with Crippen molar-refractivity contribution < 1.29 is 27.2 Å². The van der Waals surface area contributed by atoms with Gasteiger partial charge in [0.1, 0.15) is 5.78 Å². The van der Waals surface area contributed by atoms with Crippen molar-refractivity contribution in [1.29, 1.82) is 0 Å². The number of carbonyl (C=O) groups excluding carboxylic acids is 2. The van der Waals surface area contributed by atoms with E-state index in [4.69, 9.17) is 0 Å². The molecule has 0 unspecified atom stereocenters. The van der Waals surface area contributed by atoms with Crippen LogP contribution in [0.15, 0.2) is 6.07 Å². The Kier molecular flexibility index (Phi) is 3.41. The SMILES string of the molecule is CC(=O)CC(=O)c1cc(F)c(F)c(F)c1F. The molecule has 0 heterocycles. The molecule has 16 heavy (non-hydrogen) atoms. The molecule has 0 spiro atoms. The smallest absolute Gasteiger partial charge is 0.198 e. The molecule has 0 aliphatic rings. The molecule has 0 aromatic heterocycles. The molecule has 2 nitrogen and oxygen atoms in total. The summed E-state index contributed by atoms with van der Waals surface area (Å²) in [7, 11) is 0. The standard InChI is InChI=1S/C10H6F4O2/c1-4(15)2-7(16)5-3-6(11)9(13)10(14)8(5)12/h3H,2H2,1H3. The number of benzene rings is 1. The van der Waals surface area contributed by atoms with Crippen LogP contribution in [0, 0.1) is 23.3 Å². The van der Waals surface area contributed by atoms with Gasteiger partial charge >= 0.3 is 0 Å². The van der Waals surface area contributed by atoms with Crippen molar-refractivity contribution in [2.75, 3.05) is 0 Å². The second kappa shape index (κ2) is 4.42. The third kappa shape index (κ3) is 2.26. The number of carbonyl (C=O) groups is 2. The third-order valence-corrected chi connectivity index (χ3v) is 1.81. The van der Waals surface area contributed by atoms with Gasteiger partial charge in [0.2, 0.25) is 0 Å². The van der Waals surface area contributed by atoms with Gasteiger partial charge in [-0.05, 0) is 13.0 Å². The molecule has 0 saturated heterocycles. The average molecular weight is 234 g/mol. The first kappa shape index (κ1) is 12.4. The molecule has 0 saturated carbocycles. The van der Waals surface area contributed by atoms with Crippen LogP contribution in [0.3, 0.4) is 0 Å². The lowest BCUT2D eigenvalue weighted by molar-refractivity contribution is -0.116. The fourth-order valence-electron chi connectivity index (χ4n) is 1.10. The highest BCUT2D eigenvalue weighted by Crippen LogP contribution is 2.19. The molecular weight excluding hydrogens is 228 g/mol. The first-order valence-electron chi connectivity index (χ1n) is 4.20. The maximum absolute atomic E-state index is 13.0. The summed E-state index contributed by atoms with van der Waals surface area (Å²) in [4.78, 5) is 21.7. The van der Waals surface area contributed by atoms with E-state index in [1.165, 1.54) is 0 Å². The molecule has 1 aromatic carbocycles. The van der Waals surface area contributed by atoms with Gasteiger partial charge in [0.05, 0.1) is 12.0 Å². The van der Waals surface area contributed by atoms with Gasteiger partial charge in [-0.1, -0.05) is 0 Å². The van der Waals surface area contributed by atoms with Gasteiger partial charge in [-0.25, -0.2) is 17.6 Å². The van der Waals surface area contributed by atoms with Crippen LogP contribution in [0.5, 0.6) is 0 Å². The lowest BCUT2D eigenvalue weighted by atomic mass is 10.1. The van der Waals surface area contributed by atoms with E-state index in [1.54, 1.807) is 0 Å². The van der Waals surface area contributed by atoms with Crippen LogP contribution < -0.4 is 0 Å². The average Bonchev–Trinajstić information content (AvgIpc) is 2.19. The van der Waals surface area contributed by atoms with Crippen molar-refractivity contribution in [3.8, 4) is 0 Å². The van der Waals surface area contributed by atoms with Crippen LogP contribution in [0.25, 0.3) is 0 Å². The second-order valence-corrected chi connectivity index (χ2v) is 3.15. The van der Waals surface area contributed by atoms with Crippen molar-refractivity contribution >= 4 is 11.6 Å². The van der Waals surface area contributed by atoms with Crippen molar-refractivity contribution in [1.82, 2.24) is 0 Å². The topological polar surface area (TPSA) is 34.1 Å². The molecule has 0 bridgehead atoms. The molecule has 0 N–H and O–H groups in total. The number of Topliss-reactive ketones (excluding diaryl/α,β-unsaturated/α-hetero) is 2. The number of hydrogen-bond acceptors (Lipinski definition) is 2. The summed E-state index contributed by atoms with van der Waals surface area (Å²) in [5.74, 6) is -9.20. The van der Waals surface area contributed by atoms with E-state index >= 15 is 0 Å². The van der Waals surface area contributed by atoms with Gasteiger partial charge in [0.25, 0.3) is 0 Å². The summed E-state index contributed by atoms with van der Waals surface area (Å²) in [5.41, 5.74) is -0.966. The molecule has 0 radical (unpaired) electrons. The molecule has 0 fully saturated rings. The Bertz CT molecular complexity index is 468. The zero-order valence-electron chi connectivity index (χ0n) is 8.11. The van der Waals surface area contributed by atoms with E-state index in [0.717, 1.165) is 6.92 Å². The summed E-state index contributed by atoms with van der Waals surface area (Å²) in [6.45, 7) is 1.06. The van der Waals surface area contributed by atoms with Gasteiger partial charge in [-0.15, -0.1) is 0 Å². The number of halogens is 4. The van der Waals surface area contributed by atoms with Crippen LogP contribution in [0.4, 0.5) is 17.6 Å². The minimum Gasteiger partial charge on any atom is -0.300 e. The number of rotatable bonds is 3. The first-order chi connectivity index (χ1) is 7.34. The predicted molar refractivity (Wildman–Crippen MR) is 45.9 cm³/mol. The zero-order valence-corrected chi connectivity index (χ0v) is 8.11. The number of ketones is 2. The summed E-state index contributed by atoms with van der Waals surface area (Å²) >= 11 is 0. The molecule has 0 aliphatic carbocycles. The molecule has 86 valence electrons. The Morgan fingerprint density at radius 2 is 1.62 bits per heavy atom. The normalized spacial score (nSPS) is 10.3. The summed E-state index contributed by atoms with van der Waals surface area (Å²) in [6, 6.07) is 0.235. The molecule has 0 atom stereocenters. The monoisotopic (exact) mass is 234 g/mol. The van der Waals surface area contributed by atoms with Crippen LogP contribution in [-0.2, 0) is 4.79 Å². The van der Waals surface area contributed by atoms with Crippen LogP contribution in [0.1, 0.15) is 23.7 Å². The molecule has 1 aromatic rings. The van der Waals surface area contributed by atoms with Crippen molar-refractivity contribution in [2.45, 2.75) is 13.3 Å². The van der Waals surface area contributed by atoms with Gasteiger partial charge in [-0.3, -0.25) is 9.59 Å². The van der Waals surface area contributed by atoms with Gasteiger partial charge in [-0.2, -0.15) is 0 Å². The van der Waals surface area contributed by atoms with Crippen molar-refractivity contribution in [3.05, 3.63) is 34.9 Å². The Morgan fingerprint density at radius 1 is 1.06 bits per heavy atom. The molecular formula is C10H6F4O2. The fourth-order valence-corrected chi connectivity index (χ4v) is 1.10. The quantitative estimate of drug-likeness (QED) is 0.264. The lowest BCUT2D eigenvalue weighted by Gasteiger charge is -2.03. The van der Waals surface area contributed by atoms with Crippen LogP contribution in [-0.4, -0.2) is 11.6 Å². The Labute approximate surface area is 87.9 Å². The van der Waals surface area contributed by atoms with E-state index < -0.39 is 46.8 Å². The highest BCUT2D eigenvalue weighted by Gasteiger charge is 2.23. The van der Waals surface area contributed by atoms with E-state index in [9.17, 15) is 27.2 Å². The predicted octanol–water partition coefficient (Wildman–Crippen LogP) is 2.40. The fraction of sp³-hybridized carbons (Fsp3) is 0.200. The zero-order chi connectivity index (χ0) is 12.5. The third-order valence-electron chi connectivity index (χ3n) is 1.81. The Hall–Kier alpha value is -1.72. The van der Waals surface area contributed by atoms with Gasteiger partial charge < -0.3 is 0 Å². The minimum atomic E-state index is -2.06. The van der Waals surface area contributed by atoms with E-state index in [-0.39, 0.29) is 6.07 Å². The molecule has 0 amide bonds. The largest absolute Gasteiger partial charge is 0.300 e. The lowest BCUT2D eigenvalue weighted by Crippen LogP contribution is -2.10. The van der Waals surface area contributed by atoms with Crippen LogP contribution >= 0.6 is 0 Å². The summed E-state index contributed by atoms with van der Waals surface area (Å²) in [5, 5.41) is 0.